The molecule has 0 aliphatic carbocycles. The Hall–Kier alpha value is -3.61. The maximum Gasteiger partial charge on any atom is 0.330 e. The monoisotopic (exact) mass is 406 g/mol. The Morgan fingerprint density at radius 2 is 2.07 bits per heavy atom. The fraction of sp³-hybridized carbons (Fsp3) is 0.261. The predicted octanol–water partition coefficient (Wildman–Crippen LogP) is 4.22. The summed E-state index contributed by atoms with van der Waals surface area (Å²) in [7, 11) is 0. The zero-order chi connectivity index (χ0) is 21.5. The van der Waals surface area contributed by atoms with Gasteiger partial charge < -0.3 is 14.4 Å². The maximum absolute atomic E-state index is 11.5. The molecule has 2 aliphatic rings. The fourth-order valence-electron chi connectivity index (χ4n) is 4.29. The van der Waals surface area contributed by atoms with Gasteiger partial charge in [0, 0.05) is 29.5 Å². The van der Waals surface area contributed by atoms with Gasteiger partial charge in [0.2, 0.25) is 5.72 Å². The van der Waals surface area contributed by atoms with Gasteiger partial charge in [-0.15, -0.1) is 0 Å². The third-order valence-electron chi connectivity index (χ3n) is 5.85. The van der Waals surface area contributed by atoms with Crippen LogP contribution in [0.2, 0.25) is 0 Å². The van der Waals surface area contributed by atoms with Crippen LogP contribution in [0, 0.1) is 10.1 Å². The Balaban J connectivity index is 1.76. The predicted molar refractivity (Wildman–Crippen MR) is 113 cm³/mol. The third-order valence-corrected chi connectivity index (χ3v) is 5.85. The summed E-state index contributed by atoms with van der Waals surface area (Å²) in [6, 6.07) is 12.6. The van der Waals surface area contributed by atoms with Crippen molar-refractivity contribution in [2.24, 2.45) is 0 Å². The van der Waals surface area contributed by atoms with Gasteiger partial charge in [0.1, 0.15) is 12.4 Å². The maximum atomic E-state index is 11.5. The summed E-state index contributed by atoms with van der Waals surface area (Å²) in [5.41, 5.74) is 1.45. The minimum atomic E-state index is -0.875. The smallest absolute Gasteiger partial charge is 0.330 e. The first kappa shape index (κ1) is 19.7. The van der Waals surface area contributed by atoms with Gasteiger partial charge in [-0.2, -0.15) is 0 Å². The van der Waals surface area contributed by atoms with E-state index in [2.05, 4.69) is 31.4 Å². The Kier molecular flexibility index (Phi) is 4.61. The Morgan fingerprint density at radius 1 is 1.30 bits per heavy atom. The molecule has 1 spiro atoms. The summed E-state index contributed by atoms with van der Waals surface area (Å²) in [6.45, 7) is 8.20. The van der Waals surface area contributed by atoms with Crippen LogP contribution in [0.4, 0.5) is 11.4 Å². The second kappa shape index (κ2) is 7.02. The number of hydrogen-bond acceptors (Lipinski definition) is 6. The number of rotatable bonds is 5. The normalized spacial score (nSPS) is 20.3. The number of nitro benzene ring substituents is 1. The number of benzene rings is 2. The molecule has 154 valence electrons. The number of anilines is 1. The van der Waals surface area contributed by atoms with Gasteiger partial charge in [0.05, 0.1) is 16.9 Å². The van der Waals surface area contributed by atoms with Crippen molar-refractivity contribution in [2.45, 2.75) is 25.0 Å². The number of esters is 1. The van der Waals surface area contributed by atoms with E-state index in [1.54, 1.807) is 6.07 Å². The highest BCUT2D eigenvalue weighted by Crippen LogP contribution is 2.54. The van der Waals surface area contributed by atoms with E-state index in [4.69, 9.17) is 9.47 Å². The quantitative estimate of drug-likeness (QED) is 0.320. The van der Waals surface area contributed by atoms with Crippen molar-refractivity contribution in [3.8, 4) is 5.75 Å². The summed E-state index contributed by atoms with van der Waals surface area (Å²) in [4.78, 5) is 24.3. The summed E-state index contributed by atoms with van der Waals surface area (Å²) >= 11 is 0. The van der Waals surface area contributed by atoms with Gasteiger partial charge >= 0.3 is 5.97 Å². The number of nitrogens with zero attached hydrogens (tertiary/aromatic N) is 2. The van der Waals surface area contributed by atoms with Crippen LogP contribution in [0.3, 0.4) is 0 Å². The molecule has 30 heavy (non-hydrogen) atoms. The van der Waals surface area contributed by atoms with Crippen molar-refractivity contribution in [1.82, 2.24) is 0 Å². The topological polar surface area (TPSA) is 81.9 Å². The molecule has 4 rings (SSSR count). The van der Waals surface area contributed by atoms with E-state index in [1.165, 1.54) is 12.1 Å². The molecule has 1 unspecified atom stereocenters. The summed E-state index contributed by atoms with van der Waals surface area (Å²) in [5.74, 6) is 0.0885. The Morgan fingerprint density at radius 3 is 2.80 bits per heavy atom. The molecule has 0 N–H and O–H groups in total. The highest BCUT2D eigenvalue weighted by Gasteiger charge is 2.58. The van der Waals surface area contributed by atoms with Crippen LogP contribution in [-0.2, 0) is 14.9 Å². The minimum Gasteiger partial charge on any atom is -0.463 e. The van der Waals surface area contributed by atoms with Crippen LogP contribution in [-0.4, -0.2) is 29.8 Å². The van der Waals surface area contributed by atoms with Crippen LogP contribution in [0.15, 0.2) is 61.2 Å². The summed E-state index contributed by atoms with van der Waals surface area (Å²) in [5, 5.41) is 11.1. The van der Waals surface area contributed by atoms with Gasteiger partial charge in [-0.05, 0) is 43.7 Å². The molecule has 0 bridgehead atoms. The lowest BCUT2D eigenvalue weighted by atomic mass is 9.76. The lowest BCUT2D eigenvalue weighted by molar-refractivity contribution is -0.384. The van der Waals surface area contributed by atoms with Crippen molar-refractivity contribution >= 4 is 23.4 Å². The number of carbonyl (C=O) groups excluding carboxylic acids is 1. The number of para-hydroxylation sites is 1. The van der Waals surface area contributed by atoms with Crippen molar-refractivity contribution in [2.75, 3.05) is 18.1 Å². The standard InChI is InChI=1S/C23H22N2O5/c1-4-21(26)29-14-13-24-19-8-6-5-7-18(19)22(2,3)23(24)12-11-16-15-17(25(27)28)9-10-20(16)30-23/h4-12,15H,1,13-14H2,2-3H3. The molecular weight excluding hydrogens is 384 g/mol. The van der Waals surface area contributed by atoms with Crippen LogP contribution in [0.5, 0.6) is 5.75 Å². The van der Waals surface area contributed by atoms with Crippen LogP contribution >= 0.6 is 0 Å². The lowest BCUT2D eigenvalue weighted by Crippen LogP contribution is -2.60. The van der Waals surface area contributed by atoms with Gasteiger partial charge in [0.15, 0.2) is 0 Å². The van der Waals surface area contributed by atoms with Crippen molar-refractivity contribution in [3.05, 3.63) is 82.4 Å². The Labute approximate surface area is 174 Å². The highest BCUT2D eigenvalue weighted by molar-refractivity contribution is 5.81. The lowest BCUT2D eigenvalue weighted by Gasteiger charge is -2.47. The molecule has 0 radical (unpaired) electrons. The fourth-order valence-corrected chi connectivity index (χ4v) is 4.29. The molecule has 7 heteroatoms. The van der Waals surface area contributed by atoms with E-state index in [-0.39, 0.29) is 12.3 Å². The zero-order valence-corrected chi connectivity index (χ0v) is 16.8. The molecule has 1 atom stereocenters. The average molecular weight is 406 g/mol. The number of non-ortho nitro benzene ring substituents is 1. The number of fused-ring (bicyclic) bond motifs is 2. The zero-order valence-electron chi connectivity index (χ0n) is 16.8. The SMILES string of the molecule is C=CC(=O)OCCN1c2ccccc2C(C)(C)C12C=Cc1cc([N+](=O)[O-])ccc1O2. The Bertz CT molecular complexity index is 1080. The largest absolute Gasteiger partial charge is 0.463 e. The van der Waals surface area contributed by atoms with E-state index in [1.807, 2.05) is 30.4 Å². The number of nitro groups is 1. The first-order chi connectivity index (χ1) is 14.3. The molecule has 2 aromatic rings. The number of hydrogen-bond donors (Lipinski definition) is 0. The molecule has 0 saturated carbocycles. The first-order valence-electron chi connectivity index (χ1n) is 9.63. The van der Waals surface area contributed by atoms with E-state index in [0.29, 0.717) is 17.9 Å². The third kappa shape index (κ3) is 2.85. The molecule has 2 aliphatic heterocycles. The molecule has 2 heterocycles. The number of ether oxygens (including phenoxy) is 2. The van der Waals surface area contributed by atoms with Gasteiger partial charge in [-0.3, -0.25) is 10.1 Å². The summed E-state index contributed by atoms with van der Waals surface area (Å²) in [6.07, 6.45) is 4.94. The van der Waals surface area contributed by atoms with E-state index in [9.17, 15) is 14.9 Å². The summed E-state index contributed by atoms with van der Waals surface area (Å²) < 4.78 is 11.8. The highest BCUT2D eigenvalue weighted by atomic mass is 16.6. The number of carbonyl (C=O) groups is 1. The molecule has 7 nitrogen and oxygen atoms in total. The van der Waals surface area contributed by atoms with E-state index >= 15 is 0 Å². The minimum absolute atomic E-state index is 0.0140. The van der Waals surface area contributed by atoms with E-state index < -0.39 is 22.0 Å². The second-order valence-corrected chi connectivity index (χ2v) is 7.78. The van der Waals surface area contributed by atoms with Crippen LogP contribution in [0.25, 0.3) is 6.08 Å². The molecule has 0 aromatic heterocycles. The van der Waals surface area contributed by atoms with Gasteiger partial charge in [-0.25, -0.2) is 4.79 Å². The van der Waals surface area contributed by atoms with E-state index in [0.717, 1.165) is 17.3 Å². The average Bonchev–Trinajstić information content (AvgIpc) is 2.92. The molecule has 0 amide bonds. The van der Waals surface area contributed by atoms with Crippen molar-refractivity contribution < 1.29 is 19.2 Å². The molecule has 2 aromatic carbocycles. The molecule has 0 fully saturated rings. The van der Waals surface area contributed by atoms with Crippen LogP contribution < -0.4 is 9.64 Å². The first-order valence-corrected chi connectivity index (χ1v) is 9.63. The molecule has 0 saturated heterocycles. The van der Waals surface area contributed by atoms with Gasteiger partial charge in [-0.1, -0.05) is 24.8 Å². The van der Waals surface area contributed by atoms with Crippen LogP contribution in [0.1, 0.15) is 25.0 Å². The van der Waals surface area contributed by atoms with Crippen molar-refractivity contribution in [3.63, 3.8) is 0 Å². The second-order valence-electron chi connectivity index (χ2n) is 7.78. The van der Waals surface area contributed by atoms with Gasteiger partial charge in [0.25, 0.3) is 5.69 Å². The van der Waals surface area contributed by atoms with Crippen molar-refractivity contribution in [1.29, 1.82) is 0 Å². The molecular formula is C23H22N2O5.